The molecule has 2 N–H and O–H groups in total. The molecule has 17 heavy (non-hydrogen) atoms. The van der Waals surface area contributed by atoms with Gasteiger partial charge in [-0.3, -0.25) is 0 Å². The Morgan fingerprint density at radius 2 is 2.06 bits per heavy atom. The Bertz CT molecular complexity index is 341. The first-order chi connectivity index (χ1) is 8.15. The fraction of sp³-hybridized carbons (Fsp3) is 0.500. The molecule has 1 rings (SSSR count). The lowest BCUT2D eigenvalue weighted by molar-refractivity contribution is 0.0704. The third-order valence-corrected chi connectivity index (χ3v) is 2.15. The Balaban J connectivity index is 2.42. The molecule has 4 nitrogen and oxygen atoms in total. The molecule has 0 amide bonds. The number of rotatable bonds is 7. The van der Waals surface area contributed by atoms with E-state index in [0.717, 1.165) is 0 Å². The Hall–Kier alpha value is -1.17. The molecule has 0 spiro atoms. The molecule has 0 fully saturated rings. The summed E-state index contributed by atoms with van der Waals surface area (Å²) in [6.45, 7) is 2.35. The summed E-state index contributed by atoms with van der Waals surface area (Å²) < 4.78 is 23.7. The molecule has 1 aromatic rings. The van der Waals surface area contributed by atoms with Gasteiger partial charge in [0, 0.05) is 11.6 Å². The van der Waals surface area contributed by atoms with Crippen molar-refractivity contribution in [2.24, 2.45) is 0 Å². The minimum atomic E-state index is -0.836. The highest BCUT2D eigenvalue weighted by molar-refractivity contribution is 5.29. The lowest BCUT2D eigenvalue weighted by Gasteiger charge is -2.10. The Labute approximate surface area is 99.6 Å². The maximum absolute atomic E-state index is 13.4. The SMILES string of the molecule is C[C@@H](O)c1ccc(OCCOCCO)cc1F. The van der Waals surface area contributed by atoms with Gasteiger partial charge in [0.15, 0.2) is 0 Å². The van der Waals surface area contributed by atoms with E-state index in [1.165, 1.54) is 19.1 Å². The first kappa shape index (κ1) is 13.9. The first-order valence-corrected chi connectivity index (χ1v) is 5.44. The van der Waals surface area contributed by atoms with E-state index in [1.807, 2.05) is 0 Å². The van der Waals surface area contributed by atoms with Gasteiger partial charge in [-0.15, -0.1) is 0 Å². The molecule has 0 saturated carbocycles. The average Bonchev–Trinajstić information content (AvgIpc) is 2.28. The normalized spacial score (nSPS) is 12.5. The van der Waals surface area contributed by atoms with Crippen LogP contribution in [0.15, 0.2) is 18.2 Å². The van der Waals surface area contributed by atoms with E-state index < -0.39 is 11.9 Å². The zero-order chi connectivity index (χ0) is 12.7. The molecule has 0 radical (unpaired) electrons. The van der Waals surface area contributed by atoms with Gasteiger partial charge in [0.05, 0.1) is 25.9 Å². The largest absolute Gasteiger partial charge is 0.491 e. The quantitative estimate of drug-likeness (QED) is 0.709. The second kappa shape index (κ2) is 7.21. The van der Waals surface area contributed by atoms with Crippen molar-refractivity contribution in [3.8, 4) is 5.75 Å². The van der Waals surface area contributed by atoms with Crippen molar-refractivity contribution in [1.29, 1.82) is 0 Å². The van der Waals surface area contributed by atoms with E-state index in [1.54, 1.807) is 6.07 Å². The van der Waals surface area contributed by atoms with Crippen molar-refractivity contribution in [3.63, 3.8) is 0 Å². The van der Waals surface area contributed by atoms with Gasteiger partial charge in [0.25, 0.3) is 0 Å². The summed E-state index contributed by atoms with van der Waals surface area (Å²) in [7, 11) is 0. The summed E-state index contributed by atoms with van der Waals surface area (Å²) in [5.74, 6) is -0.103. The molecule has 0 aliphatic rings. The van der Waals surface area contributed by atoms with Crippen LogP contribution < -0.4 is 4.74 Å². The van der Waals surface area contributed by atoms with Crippen LogP contribution in [0.5, 0.6) is 5.75 Å². The molecule has 5 heteroatoms. The van der Waals surface area contributed by atoms with E-state index in [2.05, 4.69) is 0 Å². The lowest BCUT2D eigenvalue weighted by atomic mass is 10.1. The molecule has 1 atom stereocenters. The van der Waals surface area contributed by atoms with Crippen LogP contribution in [-0.2, 0) is 4.74 Å². The number of hydrogen-bond donors (Lipinski definition) is 2. The van der Waals surface area contributed by atoms with Crippen molar-refractivity contribution < 1.29 is 24.1 Å². The van der Waals surface area contributed by atoms with E-state index in [9.17, 15) is 9.50 Å². The number of aliphatic hydroxyl groups excluding tert-OH is 2. The molecular formula is C12H17FO4. The lowest BCUT2D eigenvalue weighted by Crippen LogP contribution is -2.09. The van der Waals surface area contributed by atoms with Crippen LogP contribution >= 0.6 is 0 Å². The highest BCUT2D eigenvalue weighted by Gasteiger charge is 2.08. The Morgan fingerprint density at radius 1 is 1.29 bits per heavy atom. The summed E-state index contributed by atoms with van der Waals surface area (Å²) in [4.78, 5) is 0. The van der Waals surface area contributed by atoms with E-state index in [-0.39, 0.29) is 25.4 Å². The van der Waals surface area contributed by atoms with Crippen molar-refractivity contribution in [2.45, 2.75) is 13.0 Å². The maximum atomic E-state index is 13.4. The highest BCUT2D eigenvalue weighted by atomic mass is 19.1. The fourth-order valence-electron chi connectivity index (χ4n) is 1.32. The van der Waals surface area contributed by atoms with Crippen LogP contribution in [0, 0.1) is 5.82 Å². The van der Waals surface area contributed by atoms with Crippen LogP contribution in [0.4, 0.5) is 4.39 Å². The number of ether oxygens (including phenoxy) is 2. The molecule has 0 aliphatic carbocycles. The number of benzene rings is 1. The predicted molar refractivity (Wildman–Crippen MR) is 60.4 cm³/mol. The smallest absolute Gasteiger partial charge is 0.132 e. The van der Waals surface area contributed by atoms with Gasteiger partial charge in [-0.05, 0) is 19.1 Å². The summed E-state index contributed by atoms with van der Waals surface area (Å²) >= 11 is 0. The van der Waals surface area contributed by atoms with Gasteiger partial charge in [0.2, 0.25) is 0 Å². The second-order valence-corrected chi connectivity index (χ2v) is 3.54. The second-order valence-electron chi connectivity index (χ2n) is 3.54. The fourth-order valence-corrected chi connectivity index (χ4v) is 1.32. The van der Waals surface area contributed by atoms with Crippen molar-refractivity contribution in [1.82, 2.24) is 0 Å². The molecule has 1 aromatic carbocycles. The number of aliphatic hydroxyl groups is 2. The Morgan fingerprint density at radius 3 is 2.65 bits per heavy atom. The third-order valence-electron chi connectivity index (χ3n) is 2.15. The standard InChI is InChI=1S/C12H17FO4/c1-9(15)11-3-2-10(8-12(11)13)17-7-6-16-5-4-14/h2-3,8-9,14-15H,4-7H2,1H3/t9-/m1/s1. The van der Waals surface area contributed by atoms with Gasteiger partial charge in [-0.2, -0.15) is 0 Å². The molecule has 0 aromatic heterocycles. The summed E-state index contributed by atoms with van der Waals surface area (Å²) in [5, 5.41) is 17.7. The zero-order valence-electron chi connectivity index (χ0n) is 9.73. The monoisotopic (exact) mass is 244 g/mol. The minimum Gasteiger partial charge on any atom is -0.491 e. The van der Waals surface area contributed by atoms with Crippen molar-refractivity contribution in [3.05, 3.63) is 29.6 Å². The third kappa shape index (κ3) is 4.68. The minimum absolute atomic E-state index is 0.0300. The Kier molecular flexibility index (Phi) is 5.90. The summed E-state index contributed by atoms with van der Waals surface area (Å²) in [6.07, 6.45) is -0.836. The molecule has 0 saturated heterocycles. The molecule has 0 heterocycles. The highest BCUT2D eigenvalue weighted by Crippen LogP contribution is 2.21. The number of hydrogen-bond acceptors (Lipinski definition) is 4. The molecule has 0 unspecified atom stereocenters. The van der Waals surface area contributed by atoms with Crippen LogP contribution in [0.3, 0.4) is 0 Å². The van der Waals surface area contributed by atoms with Gasteiger partial charge < -0.3 is 19.7 Å². The van der Waals surface area contributed by atoms with Crippen LogP contribution in [-0.4, -0.2) is 36.6 Å². The predicted octanol–water partition coefficient (Wildman–Crippen LogP) is 1.27. The molecule has 96 valence electrons. The average molecular weight is 244 g/mol. The van der Waals surface area contributed by atoms with Crippen LogP contribution in [0.1, 0.15) is 18.6 Å². The van der Waals surface area contributed by atoms with Crippen molar-refractivity contribution >= 4 is 0 Å². The molecule has 0 bridgehead atoms. The van der Waals surface area contributed by atoms with Gasteiger partial charge in [0.1, 0.15) is 18.2 Å². The van der Waals surface area contributed by atoms with Crippen LogP contribution in [0.2, 0.25) is 0 Å². The van der Waals surface area contributed by atoms with Gasteiger partial charge in [-0.25, -0.2) is 4.39 Å². The summed E-state index contributed by atoms with van der Waals surface area (Å²) in [6, 6.07) is 4.31. The number of halogens is 1. The van der Waals surface area contributed by atoms with Gasteiger partial charge >= 0.3 is 0 Å². The zero-order valence-corrected chi connectivity index (χ0v) is 9.73. The summed E-state index contributed by atoms with van der Waals surface area (Å²) in [5.41, 5.74) is 0.244. The van der Waals surface area contributed by atoms with Gasteiger partial charge in [-0.1, -0.05) is 0 Å². The maximum Gasteiger partial charge on any atom is 0.132 e. The van der Waals surface area contributed by atoms with Crippen LogP contribution in [0.25, 0.3) is 0 Å². The topological polar surface area (TPSA) is 58.9 Å². The first-order valence-electron chi connectivity index (χ1n) is 5.44. The van der Waals surface area contributed by atoms with E-state index in [4.69, 9.17) is 14.6 Å². The van der Waals surface area contributed by atoms with E-state index in [0.29, 0.717) is 12.4 Å². The molecular weight excluding hydrogens is 227 g/mol. The van der Waals surface area contributed by atoms with Crippen molar-refractivity contribution in [2.75, 3.05) is 26.4 Å². The molecule has 0 aliphatic heterocycles. The van der Waals surface area contributed by atoms with E-state index >= 15 is 0 Å².